The predicted molar refractivity (Wildman–Crippen MR) is 75.4 cm³/mol. The lowest BCUT2D eigenvalue weighted by molar-refractivity contribution is 0.0945. The monoisotopic (exact) mass is 274 g/mol. The molecule has 0 aliphatic rings. The van der Waals surface area contributed by atoms with Gasteiger partial charge in [-0.25, -0.2) is 0 Å². The van der Waals surface area contributed by atoms with Crippen LogP contribution < -0.4 is 10.6 Å². The minimum absolute atomic E-state index is 0.231. The third-order valence-corrected chi connectivity index (χ3v) is 2.68. The summed E-state index contributed by atoms with van der Waals surface area (Å²) in [5, 5.41) is 9.80. The Kier molecular flexibility index (Phi) is 4.70. The average Bonchev–Trinajstić information content (AvgIpc) is 2.88. The second-order valence-electron chi connectivity index (χ2n) is 4.47. The number of amides is 1. The molecule has 0 unspecified atom stereocenters. The number of carbonyl (C=O) groups is 1. The van der Waals surface area contributed by atoms with E-state index in [2.05, 4.69) is 27.7 Å². The molecule has 20 heavy (non-hydrogen) atoms. The van der Waals surface area contributed by atoms with Crippen molar-refractivity contribution in [3.8, 4) is 0 Å². The Hall–Kier alpha value is -2.37. The molecule has 2 rings (SSSR count). The highest BCUT2D eigenvalue weighted by Gasteiger charge is 2.09. The van der Waals surface area contributed by atoms with Crippen LogP contribution in [0.5, 0.6) is 0 Å². The van der Waals surface area contributed by atoms with Crippen molar-refractivity contribution in [2.24, 2.45) is 0 Å². The van der Waals surface area contributed by atoms with Crippen LogP contribution in [0.25, 0.3) is 0 Å². The first kappa shape index (κ1) is 14.0. The first-order valence-electron chi connectivity index (χ1n) is 6.59. The van der Waals surface area contributed by atoms with Crippen molar-refractivity contribution >= 4 is 11.6 Å². The quantitative estimate of drug-likeness (QED) is 0.843. The Morgan fingerprint density at radius 3 is 2.95 bits per heavy atom. The molecule has 0 aromatic carbocycles. The van der Waals surface area contributed by atoms with Gasteiger partial charge in [0.15, 0.2) is 0 Å². The van der Waals surface area contributed by atoms with Gasteiger partial charge in [-0.3, -0.25) is 9.78 Å². The molecule has 0 spiro atoms. The molecule has 2 N–H and O–H groups in total. The zero-order valence-corrected chi connectivity index (χ0v) is 11.6. The maximum absolute atomic E-state index is 12.0. The number of nitrogens with zero attached hydrogens (tertiary/aromatic N) is 2. The molecular weight excluding hydrogens is 256 g/mol. The van der Waals surface area contributed by atoms with Crippen molar-refractivity contribution in [3.63, 3.8) is 0 Å². The molecule has 0 radical (unpaired) electrons. The van der Waals surface area contributed by atoms with Crippen LogP contribution in [0, 0.1) is 6.92 Å². The van der Waals surface area contributed by atoms with E-state index in [-0.39, 0.29) is 5.91 Å². The number of pyridine rings is 1. The molecule has 0 saturated heterocycles. The van der Waals surface area contributed by atoms with Crippen molar-refractivity contribution in [1.29, 1.82) is 0 Å². The molecule has 0 aliphatic carbocycles. The third-order valence-electron chi connectivity index (χ3n) is 2.68. The summed E-state index contributed by atoms with van der Waals surface area (Å²) in [4.78, 5) is 16.1. The van der Waals surface area contributed by atoms with Gasteiger partial charge in [-0.2, -0.15) is 0 Å². The van der Waals surface area contributed by atoms with Crippen molar-refractivity contribution in [3.05, 3.63) is 41.5 Å². The SMILES string of the molecule is CCCNc1ccnc(C(=O)NCc2cc(C)on2)c1. The van der Waals surface area contributed by atoms with E-state index in [1.54, 1.807) is 18.3 Å². The molecule has 106 valence electrons. The molecule has 6 nitrogen and oxygen atoms in total. The van der Waals surface area contributed by atoms with Gasteiger partial charge in [-0.05, 0) is 25.5 Å². The summed E-state index contributed by atoms with van der Waals surface area (Å²) in [6, 6.07) is 5.36. The number of hydrogen-bond donors (Lipinski definition) is 2. The fourth-order valence-corrected chi connectivity index (χ4v) is 1.70. The Morgan fingerprint density at radius 1 is 1.40 bits per heavy atom. The number of rotatable bonds is 6. The topological polar surface area (TPSA) is 80.0 Å². The Labute approximate surface area is 117 Å². The fourth-order valence-electron chi connectivity index (χ4n) is 1.70. The van der Waals surface area contributed by atoms with Crippen LogP contribution in [0.15, 0.2) is 28.9 Å². The lowest BCUT2D eigenvalue weighted by Gasteiger charge is -2.06. The molecule has 0 atom stereocenters. The summed E-state index contributed by atoms with van der Waals surface area (Å²) < 4.78 is 4.94. The number of anilines is 1. The van der Waals surface area contributed by atoms with Crippen molar-refractivity contribution < 1.29 is 9.32 Å². The van der Waals surface area contributed by atoms with E-state index in [0.717, 1.165) is 24.4 Å². The molecule has 2 aromatic rings. The van der Waals surface area contributed by atoms with Crippen LogP contribution in [0.4, 0.5) is 5.69 Å². The Morgan fingerprint density at radius 2 is 2.25 bits per heavy atom. The largest absolute Gasteiger partial charge is 0.385 e. The number of nitrogens with one attached hydrogen (secondary N) is 2. The van der Waals surface area contributed by atoms with Crippen LogP contribution >= 0.6 is 0 Å². The highest BCUT2D eigenvalue weighted by Crippen LogP contribution is 2.08. The smallest absolute Gasteiger partial charge is 0.270 e. The molecule has 1 amide bonds. The van der Waals surface area contributed by atoms with E-state index in [0.29, 0.717) is 17.9 Å². The van der Waals surface area contributed by atoms with Crippen molar-refractivity contribution in [1.82, 2.24) is 15.5 Å². The predicted octanol–water partition coefficient (Wildman–Crippen LogP) is 2.13. The van der Waals surface area contributed by atoms with Gasteiger partial charge >= 0.3 is 0 Å². The summed E-state index contributed by atoms with van der Waals surface area (Å²) in [5.41, 5.74) is 1.96. The van der Waals surface area contributed by atoms with E-state index in [1.807, 2.05) is 13.0 Å². The minimum atomic E-state index is -0.231. The maximum atomic E-state index is 12.0. The maximum Gasteiger partial charge on any atom is 0.270 e. The third kappa shape index (κ3) is 3.81. The average molecular weight is 274 g/mol. The molecular formula is C14H18N4O2. The summed E-state index contributed by atoms with van der Waals surface area (Å²) in [6.07, 6.45) is 2.64. The lowest BCUT2D eigenvalue weighted by atomic mass is 10.3. The molecule has 0 bridgehead atoms. The molecule has 0 saturated carbocycles. The number of aromatic nitrogens is 2. The van der Waals surface area contributed by atoms with Crippen LogP contribution in [0.1, 0.15) is 35.3 Å². The fraction of sp³-hybridized carbons (Fsp3) is 0.357. The van der Waals surface area contributed by atoms with Gasteiger partial charge < -0.3 is 15.2 Å². The summed E-state index contributed by atoms with van der Waals surface area (Å²) >= 11 is 0. The van der Waals surface area contributed by atoms with Crippen LogP contribution in [-0.4, -0.2) is 22.6 Å². The van der Waals surface area contributed by atoms with E-state index in [4.69, 9.17) is 4.52 Å². The van der Waals surface area contributed by atoms with Gasteiger partial charge in [-0.1, -0.05) is 12.1 Å². The van der Waals surface area contributed by atoms with Gasteiger partial charge in [0.1, 0.15) is 17.1 Å². The van der Waals surface area contributed by atoms with Crippen LogP contribution in [-0.2, 0) is 6.54 Å². The van der Waals surface area contributed by atoms with Crippen LogP contribution in [0.3, 0.4) is 0 Å². The lowest BCUT2D eigenvalue weighted by Crippen LogP contribution is -2.24. The summed E-state index contributed by atoms with van der Waals surface area (Å²) in [5.74, 6) is 0.490. The van der Waals surface area contributed by atoms with Crippen LogP contribution in [0.2, 0.25) is 0 Å². The molecule has 0 fully saturated rings. The number of aryl methyl sites for hydroxylation is 1. The Bertz CT molecular complexity index is 580. The standard InChI is InChI=1S/C14H18N4O2/c1-3-5-15-11-4-6-16-13(8-11)14(19)17-9-12-7-10(2)20-18-12/h4,6-8H,3,5,9H2,1-2H3,(H,15,16)(H,17,19). The van der Waals surface area contributed by atoms with Gasteiger partial charge in [0.05, 0.1) is 6.54 Å². The van der Waals surface area contributed by atoms with Crippen molar-refractivity contribution in [2.75, 3.05) is 11.9 Å². The molecule has 0 aliphatic heterocycles. The molecule has 6 heteroatoms. The van der Waals surface area contributed by atoms with Gasteiger partial charge in [0, 0.05) is 24.5 Å². The van der Waals surface area contributed by atoms with Gasteiger partial charge in [0.2, 0.25) is 0 Å². The number of hydrogen-bond acceptors (Lipinski definition) is 5. The van der Waals surface area contributed by atoms with Crippen molar-refractivity contribution in [2.45, 2.75) is 26.8 Å². The van der Waals surface area contributed by atoms with E-state index >= 15 is 0 Å². The minimum Gasteiger partial charge on any atom is -0.385 e. The highest BCUT2D eigenvalue weighted by molar-refractivity contribution is 5.93. The van der Waals surface area contributed by atoms with E-state index in [9.17, 15) is 4.79 Å². The second kappa shape index (κ2) is 6.70. The Balaban J connectivity index is 1.94. The zero-order valence-electron chi connectivity index (χ0n) is 11.6. The summed E-state index contributed by atoms with van der Waals surface area (Å²) in [6.45, 7) is 5.08. The first-order chi connectivity index (χ1) is 9.69. The zero-order chi connectivity index (χ0) is 14.4. The van der Waals surface area contributed by atoms with Gasteiger partial charge in [0.25, 0.3) is 5.91 Å². The number of carbonyl (C=O) groups excluding carboxylic acids is 1. The molecule has 2 aromatic heterocycles. The summed E-state index contributed by atoms with van der Waals surface area (Å²) in [7, 11) is 0. The molecule has 2 heterocycles. The first-order valence-corrected chi connectivity index (χ1v) is 6.59. The van der Waals surface area contributed by atoms with Gasteiger partial charge in [-0.15, -0.1) is 0 Å². The highest BCUT2D eigenvalue weighted by atomic mass is 16.5. The van der Waals surface area contributed by atoms with E-state index in [1.165, 1.54) is 0 Å². The normalized spacial score (nSPS) is 10.3. The van der Waals surface area contributed by atoms with E-state index < -0.39 is 0 Å². The second-order valence-corrected chi connectivity index (χ2v) is 4.47.